The van der Waals surface area contributed by atoms with Gasteiger partial charge in [0.1, 0.15) is 5.82 Å². The van der Waals surface area contributed by atoms with Crippen molar-refractivity contribution in [2.45, 2.75) is 13.0 Å². The molecule has 0 atom stereocenters. The highest BCUT2D eigenvalue weighted by Gasteiger charge is 2.11. The number of carbonyl (C=O) groups is 1. The minimum atomic E-state index is -0.473. The molecule has 0 saturated carbocycles. The molecule has 1 aromatic carbocycles. The number of benzene rings is 1. The Kier molecular flexibility index (Phi) is 4.74. The van der Waals surface area contributed by atoms with Gasteiger partial charge in [0.05, 0.1) is 23.6 Å². The Hall–Kier alpha value is -3.62. The molecular formula is C16H14N6O3. The van der Waals surface area contributed by atoms with Crippen molar-refractivity contribution >= 4 is 11.6 Å². The van der Waals surface area contributed by atoms with Crippen LogP contribution in [0.25, 0.3) is 11.4 Å². The molecule has 2 heterocycles. The second kappa shape index (κ2) is 7.30. The highest BCUT2D eigenvalue weighted by molar-refractivity contribution is 5.77. The van der Waals surface area contributed by atoms with Crippen LogP contribution in [0.5, 0.6) is 0 Å². The Morgan fingerprint density at radius 2 is 2.00 bits per heavy atom. The van der Waals surface area contributed by atoms with Crippen molar-refractivity contribution in [2.75, 3.05) is 0 Å². The number of aromatic amines is 1. The van der Waals surface area contributed by atoms with Gasteiger partial charge in [0, 0.05) is 23.9 Å². The van der Waals surface area contributed by atoms with Gasteiger partial charge in [0.15, 0.2) is 5.82 Å². The van der Waals surface area contributed by atoms with E-state index in [4.69, 9.17) is 0 Å². The van der Waals surface area contributed by atoms with E-state index in [1.807, 2.05) is 12.1 Å². The molecule has 0 spiro atoms. The van der Waals surface area contributed by atoms with Gasteiger partial charge in [-0.15, -0.1) is 0 Å². The highest BCUT2D eigenvalue weighted by Crippen LogP contribution is 2.19. The van der Waals surface area contributed by atoms with Crippen molar-refractivity contribution in [1.29, 1.82) is 0 Å². The number of nitro groups is 1. The van der Waals surface area contributed by atoms with Crippen molar-refractivity contribution in [2.24, 2.45) is 0 Å². The van der Waals surface area contributed by atoms with Crippen molar-refractivity contribution in [3.8, 4) is 11.4 Å². The lowest BCUT2D eigenvalue weighted by Crippen LogP contribution is -2.25. The van der Waals surface area contributed by atoms with Gasteiger partial charge in [-0.05, 0) is 24.3 Å². The first-order valence-electron chi connectivity index (χ1n) is 7.44. The average molecular weight is 338 g/mol. The lowest BCUT2D eigenvalue weighted by Gasteiger charge is -2.02. The summed E-state index contributed by atoms with van der Waals surface area (Å²) in [5.41, 5.74) is 1.38. The van der Waals surface area contributed by atoms with Crippen LogP contribution in [-0.4, -0.2) is 31.0 Å². The Bertz CT molecular complexity index is 876. The number of aromatic nitrogens is 4. The summed E-state index contributed by atoms with van der Waals surface area (Å²) >= 11 is 0. The van der Waals surface area contributed by atoms with Gasteiger partial charge in [-0.2, -0.15) is 5.10 Å². The summed E-state index contributed by atoms with van der Waals surface area (Å²) in [5.74, 6) is 0.575. The number of pyridine rings is 1. The fourth-order valence-electron chi connectivity index (χ4n) is 2.14. The predicted octanol–water partition coefficient (Wildman–Crippen LogP) is 1.63. The van der Waals surface area contributed by atoms with Gasteiger partial charge in [-0.25, -0.2) is 4.98 Å². The van der Waals surface area contributed by atoms with Gasteiger partial charge >= 0.3 is 0 Å². The van der Waals surface area contributed by atoms with Gasteiger partial charge in [0.25, 0.3) is 5.69 Å². The van der Waals surface area contributed by atoms with Crippen LogP contribution in [0.2, 0.25) is 0 Å². The van der Waals surface area contributed by atoms with E-state index in [2.05, 4.69) is 25.5 Å². The molecule has 0 radical (unpaired) electrons. The fourth-order valence-corrected chi connectivity index (χ4v) is 2.14. The molecule has 0 aliphatic rings. The number of nitrogens with zero attached hydrogens (tertiary/aromatic N) is 4. The molecule has 25 heavy (non-hydrogen) atoms. The van der Waals surface area contributed by atoms with Gasteiger partial charge in [-0.1, -0.05) is 6.07 Å². The molecular weight excluding hydrogens is 324 g/mol. The van der Waals surface area contributed by atoms with E-state index in [0.717, 1.165) is 5.69 Å². The molecule has 0 fully saturated rings. The number of amides is 1. The Labute approximate surface area is 142 Å². The van der Waals surface area contributed by atoms with Crippen LogP contribution in [-0.2, 0) is 17.8 Å². The molecule has 2 N–H and O–H groups in total. The molecule has 3 rings (SSSR count). The van der Waals surface area contributed by atoms with E-state index < -0.39 is 4.92 Å². The topological polar surface area (TPSA) is 127 Å². The number of nitro benzene ring substituents is 1. The number of nitrogens with one attached hydrogen (secondary N) is 2. The first kappa shape index (κ1) is 16.2. The van der Waals surface area contributed by atoms with Crippen LogP contribution in [0, 0.1) is 10.1 Å². The molecule has 9 heteroatoms. The summed E-state index contributed by atoms with van der Waals surface area (Å²) in [6, 6.07) is 11.4. The summed E-state index contributed by atoms with van der Waals surface area (Å²) in [5, 5.41) is 20.1. The minimum absolute atomic E-state index is 0.00610. The first-order chi connectivity index (χ1) is 12.1. The molecule has 3 aromatic rings. The Morgan fingerprint density at radius 3 is 2.68 bits per heavy atom. The molecule has 2 aromatic heterocycles. The molecule has 126 valence electrons. The average Bonchev–Trinajstić information content (AvgIpc) is 3.09. The van der Waals surface area contributed by atoms with E-state index in [0.29, 0.717) is 23.8 Å². The third kappa shape index (κ3) is 4.22. The second-order valence-corrected chi connectivity index (χ2v) is 5.18. The zero-order valence-electron chi connectivity index (χ0n) is 13.0. The van der Waals surface area contributed by atoms with Crippen LogP contribution >= 0.6 is 0 Å². The van der Waals surface area contributed by atoms with Crippen molar-refractivity contribution in [3.63, 3.8) is 0 Å². The maximum Gasteiger partial charge on any atom is 0.269 e. The zero-order chi connectivity index (χ0) is 17.6. The SMILES string of the molecule is O=C(Cc1nc(-c2ccc([N+](=O)[O-])cc2)n[nH]1)NCc1ccccn1. The molecule has 0 bridgehead atoms. The standard InChI is InChI=1S/C16H14N6O3/c23-15(18-10-12-3-1-2-8-17-12)9-14-19-16(21-20-14)11-4-6-13(7-5-11)22(24)25/h1-8H,9-10H2,(H,18,23)(H,19,20,21). The monoisotopic (exact) mass is 338 g/mol. The second-order valence-electron chi connectivity index (χ2n) is 5.18. The van der Waals surface area contributed by atoms with Crippen LogP contribution in [0.4, 0.5) is 5.69 Å². The van der Waals surface area contributed by atoms with Crippen molar-refractivity contribution in [3.05, 3.63) is 70.3 Å². The number of rotatable bonds is 6. The first-order valence-corrected chi connectivity index (χ1v) is 7.44. The lowest BCUT2D eigenvalue weighted by atomic mass is 10.2. The summed E-state index contributed by atoms with van der Waals surface area (Å²) < 4.78 is 0. The maximum absolute atomic E-state index is 11.9. The van der Waals surface area contributed by atoms with Gasteiger partial charge < -0.3 is 5.32 Å². The van der Waals surface area contributed by atoms with Gasteiger partial charge in [-0.3, -0.25) is 25.0 Å². The maximum atomic E-state index is 11.9. The predicted molar refractivity (Wildman–Crippen MR) is 88.3 cm³/mol. The van der Waals surface area contributed by atoms with E-state index in [1.165, 1.54) is 12.1 Å². The summed E-state index contributed by atoms with van der Waals surface area (Å²) in [6.45, 7) is 0.336. The van der Waals surface area contributed by atoms with Gasteiger partial charge in [0.2, 0.25) is 5.91 Å². The van der Waals surface area contributed by atoms with E-state index in [9.17, 15) is 14.9 Å². The third-order valence-electron chi connectivity index (χ3n) is 3.39. The number of hydrogen-bond acceptors (Lipinski definition) is 6. The number of H-pyrrole nitrogens is 1. The molecule has 0 aliphatic carbocycles. The normalized spacial score (nSPS) is 10.4. The largest absolute Gasteiger partial charge is 0.350 e. The number of carbonyl (C=O) groups excluding carboxylic acids is 1. The van der Waals surface area contributed by atoms with Crippen molar-refractivity contribution in [1.82, 2.24) is 25.5 Å². The lowest BCUT2D eigenvalue weighted by molar-refractivity contribution is -0.384. The molecule has 9 nitrogen and oxygen atoms in total. The number of hydrogen-bond donors (Lipinski definition) is 2. The molecule has 0 aliphatic heterocycles. The summed E-state index contributed by atoms with van der Waals surface area (Å²) in [4.78, 5) is 30.5. The smallest absolute Gasteiger partial charge is 0.269 e. The fraction of sp³-hybridized carbons (Fsp3) is 0.125. The summed E-state index contributed by atoms with van der Waals surface area (Å²) in [6.07, 6.45) is 1.71. The zero-order valence-corrected chi connectivity index (χ0v) is 13.0. The van der Waals surface area contributed by atoms with E-state index in [1.54, 1.807) is 24.4 Å². The molecule has 0 saturated heterocycles. The highest BCUT2D eigenvalue weighted by atomic mass is 16.6. The quantitative estimate of drug-likeness (QED) is 0.519. The Balaban J connectivity index is 1.59. The third-order valence-corrected chi connectivity index (χ3v) is 3.39. The molecule has 1 amide bonds. The van der Waals surface area contributed by atoms with Crippen LogP contribution < -0.4 is 5.32 Å². The van der Waals surface area contributed by atoms with Crippen LogP contribution in [0.1, 0.15) is 11.5 Å². The molecule has 0 unspecified atom stereocenters. The van der Waals surface area contributed by atoms with E-state index in [-0.39, 0.29) is 18.0 Å². The van der Waals surface area contributed by atoms with E-state index >= 15 is 0 Å². The van der Waals surface area contributed by atoms with Crippen LogP contribution in [0.3, 0.4) is 0 Å². The van der Waals surface area contributed by atoms with Crippen LogP contribution in [0.15, 0.2) is 48.7 Å². The summed E-state index contributed by atoms with van der Waals surface area (Å²) in [7, 11) is 0. The van der Waals surface area contributed by atoms with Crippen molar-refractivity contribution < 1.29 is 9.72 Å². The minimum Gasteiger partial charge on any atom is -0.350 e. The Morgan fingerprint density at radius 1 is 1.20 bits per heavy atom. The number of non-ortho nitro benzene ring substituents is 1.